The smallest absolute Gasteiger partial charge is 0.340 e. The normalized spacial score (nSPS) is 16.5. The van der Waals surface area contributed by atoms with E-state index in [4.69, 9.17) is 14.5 Å². The van der Waals surface area contributed by atoms with Crippen molar-refractivity contribution in [1.82, 2.24) is 10.3 Å². The fraction of sp³-hybridized carbons (Fsp3) is 0.375. The molecule has 0 radical (unpaired) electrons. The van der Waals surface area contributed by atoms with Crippen LogP contribution in [0.5, 0.6) is 5.75 Å². The molecule has 0 unspecified atom stereocenters. The van der Waals surface area contributed by atoms with E-state index in [2.05, 4.69) is 10.6 Å². The molecule has 32 heavy (non-hydrogen) atoms. The van der Waals surface area contributed by atoms with Crippen LogP contribution in [0, 0.1) is 6.92 Å². The average Bonchev–Trinajstić information content (AvgIpc) is 3.37. The van der Waals surface area contributed by atoms with Crippen LogP contribution in [0.4, 0.5) is 5.69 Å². The number of hydrogen-bond donors (Lipinski definition) is 2. The number of hydrogen-bond acceptors (Lipinski definition) is 7. The number of fused-ring (bicyclic) bond motifs is 3. The summed E-state index contributed by atoms with van der Waals surface area (Å²) in [6.07, 6.45) is 3.86. The van der Waals surface area contributed by atoms with Crippen molar-refractivity contribution >= 4 is 39.1 Å². The largest absolute Gasteiger partial charge is 0.497 e. The van der Waals surface area contributed by atoms with Gasteiger partial charge >= 0.3 is 5.97 Å². The zero-order chi connectivity index (χ0) is 22.5. The van der Waals surface area contributed by atoms with Crippen molar-refractivity contribution in [3.8, 4) is 16.9 Å². The van der Waals surface area contributed by atoms with E-state index in [1.165, 1.54) is 11.3 Å². The summed E-state index contributed by atoms with van der Waals surface area (Å²) in [5.41, 5.74) is 2.92. The van der Waals surface area contributed by atoms with Gasteiger partial charge in [0.1, 0.15) is 21.1 Å². The van der Waals surface area contributed by atoms with Crippen molar-refractivity contribution in [3.63, 3.8) is 0 Å². The van der Waals surface area contributed by atoms with Crippen molar-refractivity contribution in [2.24, 2.45) is 0 Å². The van der Waals surface area contributed by atoms with Crippen LogP contribution in [0.25, 0.3) is 21.3 Å². The molecular weight excluding hydrogens is 426 g/mol. The van der Waals surface area contributed by atoms with Crippen LogP contribution in [-0.4, -0.2) is 36.2 Å². The van der Waals surface area contributed by atoms with Gasteiger partial charge in [-0.1, -0.05) is 12.1 Å². The summed E-state index contributed by atoms with van der Waals surface area (Å²) in [7, 11) is 1.62. The van der Waals surface area contributed by atoms with E-state index in [0.29, 0.717) is 16.1 Å². The minimum atomic E-state index is -0.440. The van der Waals surface area contributed by atoms with E-state index >= 15 is 0 Å². The molecule has 3 aromatic rings. The molecule has 1 fully saturated rings. The van der Waals surface area contributed by atoms with E-state index in [1.807, 2.05) is 31.2 Å². The van der Waals surface area contributed by atoms with Crippen LogP contribution in [0.3, 0.4) is 0 Å². The lowest BCUT2D eigenvalue weighted by Crippen LogP contribution is -2.55. The van der Waals surface area contributed by atoms with Crippen molar-refractivity contribution < 1.29 is 19.1 Å². The molecule has 8 heteroatoms. The Hall–Kier alpha value is -3.13. The molecule has 0 saturated heterocycles. The summed E-state index contributed by atoms with van der Waals surface area (Å²) in [6.45, 7) is 3.86. The quantitative estimate of drug-likeness (QED) is 0.550. The molecule has 7 nitrogen and oxygen atoms in total. The van der Waals surface area contributed by atoms with Crippen molar-refractivity contribution in [2.75, 3.05) is 19.0 Å². The zero-order valence-corrected chi connectivity index (χ0v) is 19.1. The van der Waals surface area contributed by atoms with Crippen molar-refractivity contribution in [3.05, 3.63) is 40.4 Å². The zero-order valence-electron chi connectivity index (χ0n) is 18.3. The number of amides is 1. The standard InChI is InChI=1S/C24H25N3O4S/c1-4-31-23(29)16-13(2)25-22-18(17(16)14-7-9-15(30-3)10-8-14)19-20(32-22)21(28)27-24(26-19)11-5-6-12-24/h7-10,26H,4-6,11-12H2,1-3H3,(H,27,28). The average molecular weight is 452 g/mol. The number of anilines is 1. The number of rotatable bonds is 4. The van der Waals surface area contributed by atoms with Crippen LogP contribution in [0.2, 0.25) is 0 Å². The highest BCUT2D eigenvalue weighted by Crippen LogP contribution is 2.47. The third-order valence-electron chi connectivity index (χ3n) is 6.26. The fourth-order valence-corrected chi connectivity index (χ4v) is 5.88. The Morgan fingerprint density at radius 3 is 2.56 bits per heavy atom. The van der Waals surface area contributed by atoms with Gasteiger partial charge in [0.05, 0.1) is 30.7 Å². The van der Waals surface area contributed by atoms with E-state index in [-0.39, 0.29) is 12.5 Å². The number of methoxy groups -OCH3 is 1. The Kier molecular flexibility index (Phi) is 5.04. The highest BCUT2D eigenvalue weighted by atomic mass is 32.1. The lowest BCUT2D eigenvalue weighted by atomic mass is 9.94. The Labute approximate surface area is 190 Å². The summed E-state index contributed by atoms with van der Waals surface area (Å²) in [6, 6.07) is 7.58. The molecule has 0 atom stereocenters. The van der Waals surface area contributed by atoms with Gasteiger partial charge in [0.25, 0.3) is 5.91 Å². The number of aromatic nitrogens is 1. The number of pyridine rings is 1. The van der Waals surface area contributed by atoms with E-state index in [9.17, 15) is 9.59 Å². The highest BCUT2D eigenvalue weighted by molar-refractivity contribution is 7.21. The fourth-order valence-electron chi connectivity index (χ4n) is 4.80. The predicted octanol–water partition coefficient (Wildman–Crippen LogP) is 4.88. The van der Waals surface area contributed by atoms with Gasteiger partial charge in [0.2, 0.25) is 0 Å². The van der Waals surface area contributed by atoms with Crippen molar-refractivity contribution in [1.29, 1.82) is 0 Å². The third kappa shape index (κ3) is 3.21. The molecule has 166 valence electrons. The molecule has 0 bridgehead atoms. The number of thiophene rings is 1. The lowest BCUT2D eigenvalue weighted by Gasteiger charge is -2.36. The first-order valence-electron chi connectivity index (χ1n) is 10.9. The second-order valence-corrected chi connectivity index (χ2v) is 9.25. The van der Waals surface area contributed by atoms with E-state index < -0.39 is 11.6 Å². The van der Waals surface area contributed by atoms with Crippen LogP contribution >= 0.6 is 11.3 Å². The molecule has 1 aliphatic carbocycles. The Balaban J connectivity index is 1.81. The van der Waals surface area contributed by atoms with Gasteiger partial charge in [-0.05, 0) is 57.2 Å². The van der Waals surface area contributed by atoms with Gasteiger partial charge in [-0.25, -0.2) is 9.78 Å². The van der Waals surface area contributed by atoms with Crippen molar-refractivity contribution in [2.45, 2.75) is 45.2 Å². The second kappa shape index (κ2) is 7.78. The van der Waals surface area contributed by atoms with Crippen LogP contribution in [0.15, 0.2) is 24.3 Å². The predicted molar refractivity (Wildman–Crippen MR) is 125 cm³/mol. The molecule has 1 aromatic carbocycles. The Morgan fingerprint density at radius 2 is 1.91 bits per heavy atom. The molecule has 5 rings (SSSR count). The van der Waals surface area contributed by atoms with Crippen LogP contribution < -0.4 is 15.4 Å². The van der Waals surface area contributed by atoms with E-state index in [1.54, 1.807) is 14.0 Å². The van der Waals surface area contributed by atoms with Gasteiger partial charge in [-0.2, -0.15) is 0 Å². The van der Waals surface area contributed by atoms with Gasteiger partial charge in [0, 0.05) is 10.9 Å². The number of aryl methyl sites for hydroxylation is 1. The number of carbonyl (C=O) groups excluding carboxylic acids is 2. The number of nitrogens with one attached hydrogen (secondary N) is 2. The van der Waals surface area contributed by atoms with E-state index in [0.717, 1.165) is 58.5 Å². The molecule has 1 amide bonds. The maximum atomic E-state index is 13.1. The molecule has 2 N–H and O–H groups in total. The maximum Gasteiger partial charge on any atom is 0.340 e. The molecule has 2 aliphatic rings. The molecule has 1 aliphatic heterocycles. The first kappa shape index (κ1) is 20.8. The Bertz CT molecular complexity index is 1230. The lowest BCUT2D eigenvalue weighted by molar-refractivity contribution is 0.0526. The van der Waals surface area contributed by atoms with Gasteiger partial charge in [-0.3, -0.25) is 4.79 Å². The number of nitrogens with zero attached hydrogens (tertiary/aromatic N) is 1. The minimum absolute atomic E-state index is 0.0836. The topological polar surface area (TPSA) is 89.6 Å². The van der Waals surface area contributed by atoms with Gasteiger partial charge in [-0.15, -0.1) is 11.3 Å². The second-order valence-electron chi connectivity index (χ2n) is 8.25. The van der Waals surface area contributed by atoms with Crippen LogP contribution in [-0.2, 0) is 4.74 Å². The molecule has 2 aromatic heterocycles. The summed E-state index contributed by atoms with van der Waals surface area (Å²) >= 11 is 1.35. The SMILES string of the molecule is CCOC(=O)c1c(C)nc2sc3c(c2c1-c1ccc(OC)cc1)NC1(CCCC1)NC3=O. The molecule has 1 saturated carbocycles. The van der Waals surface area contributed by atoms with Crippen LogP contribution in [0.1, 0.15) is 58.3 Å². The highest BCUT2D eigenvalue weighted by Gasteiger charge is 2.42. The summed E-state index contributed by atoms with van der Waals surface area (Å²) in [4.78, 5) is 32.2. The Morgan fingerprint density at radius 1 is 1.19 bits per heavy atom. The number of benzene rings is 1. The molecular formula is C24H25N3O4S. The molecule has 3 heterocycles. The number of carbonyl (C=O) groups is 2. The minimum Gasteiger partial charge on any atom is -0.497 e. The summed E-state index contributed by atoms with van der Waals surface area (Å²) in [5.74, 6) is 0.226. The first-order valence-corrected chi connectivity index (χ1v) is 11.7. The first-order chi connectivity index (χ1) is 15.5. The maximum absolute atomic E-state index is 13.1. The summed E-state index contributed by atoms with van der Waals surface area (Å²) < 4.78 is 10.7. The number of esters is 1. The molecule has 1 spiro atoms. The summed E-state index contributed by atoms with van der Waals surface area (Å²) in [5, 5.41) is 7.61. The third-order valence-corrected chi connectivity index (χ3v) is 7.34. The van der Waals surface area contributed by atoms with Gasteiger partial charge in [0.15, 0.2) is 0 Å². The monoisotopic (exact) mass is 451 g/mol. The van der Waals surface area contributed by atoms with Gasteiger partial charge < -0.3 is 20.1 Å². The number of ether oxygens (including phenoxy) is 2.